The predicted molar refractivity (Wildman–Crippen MR) is 154 cm³/mol. The standard InChI is InChI=1S/C30H32N4O6/c1-18(2)31-28(36)21-12-10-20(11-13-21)16-34-29(37)22-14-25(39-4)26(40-5)15-24(22)33(30(34)38)17-27(35)32-23-9-7-6-8-19(23)3/h6-15,18H,16-17H2,1-5H3,(H,31,36)(H,32,35). The van der Waals surface area contributed by atoms with Crippen LogP contribution in [0.3, 0.4) is 0 Å². The Labute approximate surface area is 231 Å². The number of carbonyl (C=O) groups excluding carboxylic acids is 2. The van der Waals surface area contributed by atoms with Gasteiger partial charge in [-0.3, -0.25) is 23.5 Å². The highest BCUT2D eigenvalue weighted by molar-refractivity contribution is 5.94. The Bertz CT molecular complexity index is 1690. The van der Waals surface area contributed by atoms with E-state index in [1.54, 1.807) is 36.4 Å². The van der Waals surface area contributed by atoms with E-state index in [0.717, 1.165) is 10.1 Å². The Morgan fingerprint density at radius 2 is 1.55 bits per heavy atom. The first-order valence-electron chi connectivity index (χ1n) is 12.8. The van der Waals surface area contributed by atoms with Gasteiger partial charge in [0.15, 0.2) is 11.5 Å². The smallest absolute Gasteiger partial charge is 0.332 e. The Balaban J connectivity index is 1.78. The van der Waals surface area contributed by atoms with Crippen molar-refractivity contribution in [2.24, 2.45) is 0 Å². The van der Waals surface area contributed by atoms with E-state index in [-0.39, 0.29) is 35.9 Å². The van der Waals surface area contributed by atoms with E-state index in [9.17, 15) is 19.2 Å². The van der Waals surface area contributed by atoms with E-state index in [0.29, 0.717) is 28.3 Å². The van der Waals surface area contributed by atoms with Crippen LogP contribution in [0.15, 0.2) is 70.3 Å². The second-order valence-electron chi connectivity index (χ2n) is 9.67. The normalized spacial score (nSPS) is 10.9. The molecule has 10 heteroatoms. The van der Waals surface area contributed by atoms with Crippen molar-refractivity contribution in [3.63, 3.8) is 0 Å². The molecule has 4 rings (SSSR count). The van der Waals surface area contributed by atoms with Gasteiger partial charge in [0, 0.05) is 23.4 Å². The summed E-state index contributed by atoms with van der Waals surface area (Å²) >= 11 is 0. The molecule has 40 heavy (non-hydrogen) atoms. The number of hydrogen-bond donors (Lipinski definition) is 2. The number of aromatic nitrogens is 2. The van der Waals surface area contributed by atoms with Crippen LogP contribution in [0.2, 0.25) is 0 Å². The Kier molecular flexibility index (Phi) is 8.37. The zero-order valence-corrected chi connectivity index (χ0v) is 23.1. The van der Waals surface area contributed by atoms with Crippen molar-refractivity contribution in [3.05, 3.63) is 98.2 Å². The number of benzene rings is 3. The van der Waals surface area contributed by atoms with Crippen LogP contribution < -0.4 is 31.4 Å². The molecule has 1 aromatic heterocycles. The summed E-state index contributed by atoms with van der Waals surface area (Å²) in [5.74, 6) is -0.0192. The summed E-state index contributed by atoms with van der Waals surface area (Å²) in [6.07, 6.45) is 0. The number of ether oxygens (including phenoxy) is 2. The average Bonchev–Trinajstić information content (AvgIpc) is 2.93. The molecule has 0 fully saturated rings. The van der Waals surface area contributed by atoms with Gasteiger partial charge in [0.1, 0.15) is 6.54 Å². The molecule has 2 amide bonds. The van der Waals surface area contributed by atoms with E-state index in [4.69, 9.17) is 9.47 Å². The fourth-order valence-corrected chi connectivity index (χ4v) is 4.37. The molecule has 0 unspecified atom stereocenters. The van der Waals surface area contributed by atoms with E-state index in [2.05, 4.69) is 10.6 Å². The molecule has 0 radical (unpaired) electrons. The van der Waals surface area contributed by atoms with Gasteiger partial charge >= 0.3 is 5.69 Å². The number of aryl methyl sites for hydroxylation is 1. The third-order valence-electron chi connectivity index (χ3n) is 6.43. The molecule has 0 aliphatic rings. The molecular weight excluding hydrogens is 512 g/mol. The third kappa shape index (κ3) is 5.90. The molecule has 3 aromatic carbocycles. The number of nitrogens with one attached hydrogen (secondary N) is 2. The number of amides is 2. The highest BCUT2D eigenvalue weighted by Gasteiger charge is 2.19. The first-order valence-corrected chi connectivity index (χ1v) is 12.8. The quantitative estimate of drug-likeness (QED) is 0.334. The molecule has 0 aliphatic heterocycles. The number of rotatable bonds is 9. The summed E-state index contributed by atoms with van der Waals surface area (Å²) in [6, 6.07) is 17.0. The maximum Gasteiger partial charge on any atom is 0.332 e. The van der Waals surface area contributed by atoms with Gasteiger partial charge in [0.2, 0.25) is 5.91 Å². The fourth-order valence-electron chi connectivity index (χ4n) is 4.37. The highest BCUT2D eigenvalue weighted by Crippen LogP contribution is 2.30. The average molecular weight is 545 g/mol. The lowest BCUT2D eigenvalue weighted by Gasteiger charge is -2.17. The predicted octanol–water partition coefficient (Wildman–Crippen LogP) is 3.31. The van der Waals surface area contributed by atoms with Gasteiger partial charge in [-0.25, -0.2) is 4.79 Å². The van der Waals surface area contributed by atoms with Crippen molar-refractivity contribution in [2.75, 3.05) is 19.5 Å². The van der Waals surface area contributed by atoms with Crippen molar-refractivity contribution in [1.29, 1.82) is 0 Å². The number of methoxy groups -OCH3 is 2. The monoisotopic (exact) mass is 544 g/mol. The summed E-state index contributed by atoms with van der Waals surface area (Å²) in [6.45, 7) is 5.21. The van der Waals surface area contributed by atoms with Gasteiger partial charge < -0.3 is 20.1 Å². The van der Waals surface area contributed by atoms with Gasteiger partial charge in [0.25, 0.3) is 11.5 Å². The molecule has 0 saturated heterocycles. The summed E-state index contributed by atoms with van der Waals surface area (Å²) in [7, 11) is 2.90. The molecule has 208 valence electrons. The van der Waals surface area contributed by atoms with Crippen LogP contribution >= 0.6 is 0 Å². The van der Waals surface area contributed by atoms with Crippen LogP contribution in [0.1, 0.15) is 35.3 Å². The van der Waals surface area contributed by atoms with Crippen LogP contribution in [-0.2, 0) is 17.9 Å². The highest BCUT2D eigenvalue weighted by atomic mass is 16.5. The van der Waals surface area contributed by atoms with E-state index in [1.165, 1.54) is 30.9 Å². The number of carbonyl (C=O) groups is 2. The Hall–Kier alpha value is -4.86. The van der Waals surface area contributed by atoms with Crippen LogP contribution in [0.5, 0.6) is 11.5 Å². The molecule has 0 atom stereocenters. The maximum absolute atomic E-state index is 13.7. The van der Waals surface area contributed by atoms with Gasteiger partial charge in [-0.1, -0.05) is 30.3 Å². The van der Waals surface area contributed by atoms with Crippen LogP contribution in [-0.4, -0.2) is 41.2 Å². The first-order chi connectivity index (χ1) is 19.1. The van der Waals surface area contributed by atoms with Crippen LogP contribution in [0.4, 0.5) is 5.69 Å². The second-order valence-corrected chi connectivity index (χ2v) is 9.67. The van der Waals surface area contributed by atoms with Crippen molar-refractivity contribution in [1.82, 2.24) is 14.5 Å². The fraction of sp³-hybridized carbons (Fsp3) is 0.267. The Morgan fingerprint density at radius 1 is 0.900 bits per heavy atom. The molecule has 4 aromatic rings. The summed E-state index contributed by atoms with van der Waals surface area (Å²) in [5, 5.41) is 5.85. The lowest BCUT2D eigenvalue weighted by atomic mass is 10.1. The van der Waals surface area contributed by atoms with E-state index >= 15 is 0 Å². The lowest BCUT2D eigenvalue weighted by molar-refractivity contribution is -0.116. The SMILES string of the molecule is COc1cc2c(=O)n(Cc3ccc(C(=O)NC(C)C)cc3)c(=O)n(CC(=O)Nc3ccccc3C)c2cc1OC. The van der Waals surface area contributed by atoms with E-state index in [1.807, 2.05) is 32.9 Å². The molecular formula is C30H32N4O6. The lowest BCUT2D eigenvalue weighted by Crippen LogP contribution is -2.42. The molecule has 0 spiro atoms. The van der Waals surface area contributed by atoms with Crippen molar-refractivity contribution >= 4 is 28.4 Å². The number of nitrogens with zero attached hydrogens (tertiary/aromatic N) is 2. The zero-order valence-electron chi connectivity index (χ0n) is 23.1. The Morgan fingerprint density at radius 3 is 2.17 bits per heavy atom. The number of fused-ring (bicyclic) bond motifs is 1. The molecule has 0 aliphatic carbocycles. The minimum absolute atomic E-state index is 0.0135. The number of anilines is 1. The number of para-hydroxylation sites is 1. The van der Waals surface area contributed by atoms with Gasteiger partial charge in [-0.05, 0) is 56.2 Å². The molecule has 0 saturated carbocycles. The van der Waals surface area contributed by atoms with Crippen LogP contribution in [0, 0.1) is 6.92 Å². The van der Waals surface area contributed by atoms with Gasteiger partial charge in [-0.15, -0.1) is 0 Å². The van der Waals surface area contributed by atoms with Gasteiger partial charge in [0.05, 0.1) is 31.7 Å². The molecule has 10 nitrogen and oxygen atoms in total. The van der Waals surface area contributed by atoms with E-state index < -0.39 is 17.2 Å². The summed E-state index contributed by atoms with van der Waals surface area (Å²) in [5.41, 5.74) is 1.63. The van der Waals surface area contributed by atoms with Crippen molar-refractivity contribution < 1.29 is 19.1 Å². The number of hydrogen-bond acceptors (Lipinski definition) is 6. The topological polar surface area (TPSA) is 121 Å². The molecule has 1 heterocycles. The molecule has 0 bridgehead atoms. The molecule has 2 N–H and O–H groups in total. The second kappa shape index (κ2) is 11.9. The third-order valence-corrected chi connectivity index (χ3v) is 6.43. The maximum atomic E-state index is 13.7. The summed E-state index contributed by atoms with van der Waals surface area (Å²) in [4.78, 5) is 52.7. The zero-order chi connectivity index (χ0) is 29.0. The van der Waals surface area contributed by atoms with Crippen LogP contribution in [0.25, 0.3) is 10.9 Å². The largest absolute Gasteiger partial charge is 0.493 e. The minimum Gasteiger partial charge on any atom is -0.493 e. The summed E-state index contributed by atoms with van der Waals surface area (Å²) < 4.78 is 13.1. The van der Waals surface area contributed by atoms with Gasteiger partial charge in [-0.2, -0.15) is 0 Å². The first kappa shape index (κ1) is 28.2. The minimum atomic E-state index is -0.661. The van der Waals surface area contributed by atoms with Crippen molar-refractivity contribution in [3.8, 4) is 11.5 Å². The van der Waals surface area contributed by atoms with Crippen molar-refractivity contribution in [2.45, 2.75) is 39.9 Å².